The molecule has 7 heteroatoms. The maximum Gasteiger partial charge on any atom is 0.228 e. The van der Waals surface area contributed by atoms with Crippen molar-refractivity contribution in [2.24, 2.45) is 5.92 Å². The van der Waals surface area contributed by atoms with Crippen molar-refractivity contribution in [2.75, 3.05) is 32.8 Å². The predicted molar refractivity (Wildman–Crippen MR) is 133 cm³/mol. The van der Waals surface area contributed by atoms with Gasteiger partial charge in [-0.3, -0.25) is 19.5 Å². The second kappa shape index (κ2) is 10.5. The molecule has 1 aromatic heterocycles. The number of pyridine rings is 1. The number of rotatable bonds is 6. The van der Waals surface area contributed by atoms with Crippen molar-refractivity contribution in [2.45, 2.75) is 53.1 Å². The summed E-state index contributed by atoms with van der Waals surface area (Å²) < 4.78 is 5.41. The molecule has 1 aromatic carbocycles. The third-order valence-electron chi connectivity index (χ3n) is 7.27. The number of halogens is 1. The third kappa shape index (κ3) is 5.51. The molecular formula is C27H34ClN3O3. The van der Waals surface area contributed by atoms with Gasteiger partial charge in [0.15, 0.2) is 5.78 Å². The van der Waals surface area contributed by atoms with Crippen molar-refractivity contribution in [3.63, 3.8) is 0 Å². The second-order valence-electron chi connectivity index (χ2n) is 9.75. The summed E-state index contributed by atoms with van der Waals surface area (Å²) in [6.45, 7) is 12.4. The minimum Gasteiger partial charge on any atom is -0.381 e. The van der Waals surface area contributed by atoms with Gasteiger partial charge in [0.1, 0.15) is 0 Å². The van der Waals surface area contributed by atoms with E-state index in [0.29, 0.717) is 30.2 Å². The van der Waals surface area contributed by atoms with Crippen LogP contribution < -0.4 is 0 Å². The summed E-state index contributed by atoms with van der Waals surface area (Å²) in [6.07, 6.45) is 2.78. The van der Waals surface area contributed by atoms with Crippen LogP contribution in [0.4, 0.5) is 0 Å². The van der Waals surface area contributed by atoms with Crippen molar-refractivity contribution in [3.8, 4) is 0 Å². The smallest absolute Gasteiger partial charge is 0.228 e. The quantitative estimate of drug-likeness (QED) is 0.577. The van der Waals surface area contributed by atoms with E-state index in [-0.39, 0.29) is 23.7 Å². The van der Waals surface area contributed by atoms with Crippen molar-refractivity contribution in [1.82, 2.24) is 14.8 Å². The van der Waals surface area contributed by atoms with E-state index in [0.717, 1.165) is 60.5 Å². The van der Waals surface area contributed by atoms with Gasteiger partial charge in [0.05, 0.1) is 12.5 Å². The van der Waals surface area contributed by atoms with Crippen LogP contribution in [0, 0.1) is 26.7 Å². The topological polar surface area (TPSA) is 62.7 Å². The highest BCUT2D eigenvalue weighted by atomic mass is 35.5. The van der Waals surface area contributed by atoms with Gasteiger partial charge in [-0.2, -0.15) is 0 Å². The van der Waals surface area contributed by atoms with Gasteiger partial charge in [-0.05, 0) is 74.6 Å². The lowest BCUT2D eigenvalue weighted by Gasteiger charge is -2.41. The number of nitrogens with zero attached hydrogens (tertiary/aromatic N) is 3. The number of aromatic nitrogens is 1. The summed E-state index contributed by atoms with van der Waals surface area (Å²) in [7, 11) is 0. The van der Waals surface area contributed by atoms with E-state index in [1.807, 2.05) is 36.9 Å². The number of hydrogen-bond acceptors (Lipinski definition) is 5. The van der Waals surface area contributed by atoms with Crippen LogP contribution in [0.15, 0.2) is 24.4 Å². The van der Waals surface area contributed by atoms with Crippen LogP contribution in [0.5, 0.6) is 0 Å². The van der Waals surface area contributed by atoms with Crippen LogP contribution in [-0.2, 0) is 22.5 Å². The molecule has 2 fully saturated rings. The molecule has 0 radical (unpaired) electrons. The maximum absolute atomic E-state index is 13.0. The van der Waals surface area contributed by atoms with E-state index in [1.165, 1.54) is 0 Å². The van der Waals surface area contributed by atoms with Gasteiger partial charge in [0, 0.05) is 67.7 Å². The van der Waals surface area contributed by atoms with Crippen LogP contribution in [0.3, 0.4) is 0 Å². The lowest BCUT2D eigenvalue weighted by molar-refractivity contribution is -0.140. The number of benzene rings is 1. The molecule has 34 heavy (non-hydrogen) atoms. The molecule has 182 valence electrons. The summed E-state index contributed by atoms with van der Waals surface area (Å²) in [6, 6.07) is 5.96. The van der Waals surface area contributed by atoms with E-state index in [9.17, 15) is 9.59 Å². The third-order valence-corrected chi connectivity index (χ3v) is 7.49. The number of carbonyl (C=O) groups is 2. The largest absolute Gasteiger partial charge is 0.381 e. The molecule has 3 heterocycles. The molecule has 2 aromatic rings. The molecule has 0 spiro atoms. The zero-order valence-corrected chi connectivity index (χ0v) is 21.3. The molecule has 6 nitrogen and oxygen atoms in total. The lowest BCUT2D eigenvalue weighted by Crippen LogP contribution is -2.55. The van der Waals surface area contributed by atoms with Gasteiger partial charge in [-0.25, -0.2) is 0 Å². The Morgan fingerprint density at radius 2 is 1.91 bits per heavy atom. The molecule has 1 amide bonds. The van der Waals surface area contributed by atoms with E-state index >= 15 is 0 Å². The SMILES string of the molecule is Cc1cc(C(=O)Cc2cc(Cl)cc(CN3CCN(C(=O)[C@@H]4CCOC4)[C@@H](C)C3)c2C)cnc1C. The number of carbonyl (C=O) groups excluding carboxylic acids is 2. The molecule has 0 unspecified atom stereocenters. The highest BCUT2D eigenvalue weighted by Gasteiger charge is 2.33. The first-order valence-corrected chi connectivity index (χ1v) is 12.5. The van der Waals surface area contributed by atoms with Crippen LogP contribution in [0.1, 0.15) is 51.7 Å². The van der Waals surface area contributed by atoms with E-state index in [4.69, 9.17) is 16.3 Å². The van der Waals surface area contributed by atoms with E-state index in [1.54, 1.807) is 6.20 Å². The zero-order valence-electron chi connectivity index (χ0n) is 20.6. The Hall–Kier alpha value is -2.28. The number of amides is 1. The Bertz CT molecular complexity index is 1080. The summed E-state index contributed by atoms with van der Waals surface area (Å²) in [5, 5.41) is 0.643. The van der Waals surface area contributed by atoms with Crippen molar-refractivity contribution >= 4 is 23.3 Å². The molecule has 0 aliphatic carbocycles. The first kappa shape index (κ1) is 24.8. The molecule has 0 bridgehead atoms. The summed E-state index contributed by atoms with van der Waals surface area (Å²) in [5.74, 6) is 0.283. The van der Waals surface area contributed by atoms with Crippen molar-refractivity contribution < 1.29 is 14.3 Å². The van der Waals surface area contributed by atoms with Crippen LogP contribution >= 0.6 is 11.6 Å². The molecular weight excluding hydrogens is 450 g/mol. The van der Waals surface area contributed by atoms with Crippen LogP contribution in [0.25, 0.3) is 0 Å². The number of Topliss-reactive ketones (excluding diaryl/α,β-unsaturated/α-hetero) is 1. The molecule has 4 rings (SSSR count). The number of ketones is 1. The zero-order chi connectivity index (χ0) is 24.4. The minimum absolute atomic E-state index is 0.0109. The average Bonchev–Trinajstić information content (AvgIpc) is 3.33. The number of ether oxygens (including phenoxy) is 1. The fraction of sp³-hybridized carbons (Fsp3) is 0.519. The summed E-state index contributed by atoms with van der Waals surface area (Å²) >= 11 is 6.47. The summed E-state index contributed by atoms with van der Waals surface area (Å²) in [5.41, 5.74) is 5.76. The Morgan fingerprint density at radius 1 is 1.15 bits per heavy atom. The molecule has 0 N–H and O–H groups in total. The maximum atomic E-state index is 13.0. The number of hydrogen-bond donors (Lipinski definition) is 0. The average molecular weight is 484 g/mol. The standard InChI is InChI=1S/C27H34ClN3O3/c1-17-9-23(13-29-20(17)4)26(32)12-22-10-25(28)11-24(19(22)3)15-30-6-7-31(18(2)14-30)27(33)21-5-8-34-16-21/h9-11,13,18,21H,5-8,12,14-16H2,1-4H3/t18-,21+/m0/s1. The van der Waals surface area contributed by atoms with E-state index < -0.39 is 0 Å². The van der Waals surface area contributed by atoms with Crippen molar-refractivity contribution in [1.29, 1.82) is 0 Å². The highest BCUT2D eigenvalue weighted by molar-refractivity contribution is 6.30. The highest BCUT2D eigenvalue weighted by Crippen LogP contribution is 2.26. The first-order chi connectivity index (χ1) is 16.2. The molecule has 2 aliphatic rings. The monoisotopic (exact) mass is 483 g/mol. The Kier molecular flexibility index (Phi) is 7.70. The van der Waals surface area contributed by atoms with Gasteiger partial charge in [-0.15, -0.1) is 0 Å². The molecule has 2 atom stereocenters. The fourth-order valence-electron chi connectivity index (χ4n) is 4.92. The van der Waals surface area contributed by atoms with Crippen LogP contribution in [-0.4, -0.2) is 65.4 Å². The Balaban J connectivity index is 1.43. The lowest BCUT2D eigenvalue weighted by atomic mass is 9.95. The van der Waals surface area contributed by atoms with E-state index in [2.05, 4.69) is 23.7 Å². The first-order valence-electron chi connectivity index (χ1n) is 12.1. The van der Waals surface area contributed by atoms with Gasteiger partial charge in [0.2, 0.25) is 5.91 Å². The van der Waals surface area contributed by atoms with Gasteiger partial charge in [-0.1, -0.05) is 11.6 Å². The molecule has 2 saturated heterocycles. The predicted octanol–water partition coefficient (Wildman–Crippen LogP) is 4.15. The second-order valence-corrected chi connectivity index (χ2v) is 10.2. The van der Waals surface area contributed by atoms with Gasteiger partial charge >= 0.3 is 0 Å². The minimum atomic E-state index is 0.0109. The number of piperazine rings is 1. The normalized spacial score (nSPS) is 21.1. The Labute approximate surface area is 207 Å². The van der Waals surface area contributed by atoms with Gasteiger partial charge in [0.25, 0.3) is 0 Å². The van der Waals surface area contributed by atoms with Gasteiger partial charge < -0.3 is 9.64 Å². The molecule has 0 saturated carbocycles. The fourth-order valence-corrected chi connectivity index (χ4v) is 5.19. The number of aryl methyl sites for hydroxylation is 2. The summed E-state index contributed by atoms with van der Waals surface area (Å²) in [4.78, 5) is 34.5. The molecule has 2 aliphatic heterocycles. The Morgan fingerprint density at radius 3 is 2.59 bits per heavy atom. The van der Waals surface area contributed by atoms with Crippen LogP contribution in [0.2, 0.25) is 5.02 Å². The van der Waals surface area contributed by atoms with Crippen molar-refractivity contribution in [3.05, 3.63) is 62.9 Å².